The van der Waals surface area contributed by atoms with Crippen LogP contribution in [0, 0.1) is 13.8 Å². The molecule has 0 atom stereocenters. The highest BCUT2D eigenvalue weighted by molar-refractivity contribution is 6.30. The summed E-state index contributed by atoms with van der Waals surface area (Å²) in [6, 6.07) is 16.5. The Kier molecular flexibility index (Phi) is 6.21. The van der Waals surface area contributed by atoms with E-state index in [1.807, 2.05) is 48.9 Å². The maximum Gasteiger partial charge on any atom is 0.321 e. The number of para-hydroxylation sites is 2. The number of carbonyl (C=O) groups is 1. The van der Waals surface area contributed by atoms with Crippen LogP contribution in [0.4, 0.5) is 10.5 Å². The average molecular weight is 399 g/mol. The van der Waals surface area contributed by atoms with Gasteiger partial charge in [0.05, 0.1) is 23.6 Å². The highest BCUT2D eigenvalue weighted by Gasteiger charge is 2.14. The first kappa shape index (κ1) is 19.8. The molecule has 2 aromatic carbocycles. The number of carbonyl (C=O) groups excluding carboxylic acids is 1. The number of hydrogen-bond donors (Lipinski definition) is 1. The van der Waals surface area contributed by atoms with Crippen LogP contribution >= 0.6 is 11.6 Å². The van der Waals surface area contributed by atoms with Gasteiger partial charge in [0.25, 0.3) is 0 Å². The third-order valence-electron chi connectivity index (χ3n) is 4.24. The number of amides is 2. The highest BCUT2D eigenvalue weighted by Crippen LogP contribution is 2.22. The third kappa shape index (κ3) is 4.84. The quantitative estimate of drug-likeness (QED) is 0.655. The molecular weight excluding hydrogens is 376 g/mol. The third-order valence-corrected chi connectivity index (χ3v) is 4.49. The molecule has 3 aromatic rings. The number of anilines is 1. The first-order valence-electron chi connectivity index (χ1n) is 8.97. The number of benzene rings is 2. The van der Waals surface area contributed by atoms with E-state index in [0.29, 0.717) is 29.6 Å². The lowest BCUT2D eigenvalue weighted by Gasteiger charge is -2.20. The van der Waals surface area contributed by atoms with E-state index < -0.39 is 0 Å². The van der Waals surface area contributed by atoms with Crippen molar-refractivity contribution in [1.29, 1.82) is 0 Å². The zero-order valence-electron chi connectivity index (χ0n) is 16.1. The predicted octanol–water partition coefficient (Wildman–Crippen LogP) is 4.69. The summed E-state index contributed by atoms with van der Waals surface area (Å²) in [6.45, 7) is 4.75. The first-order valence-corrected chi connectivity index (χ1v) is 9.35. The van der Waals surface area contributed by atoms with E-state index in [4.69, 9.17) is 16.3 Å². The molecule has 0 aliphatic rings. The molecule has 6 nitrogen and oxygen atoms in total. The molecule has 2 amide bonds. The van der Waals surface area contributed by atoms with Gasteiger partial charge < -0.3 is 15.0 Å². The van der Waals surface area contributed by atoms with E-state index in [9.17, 15) is 4.79 Å². The van der Waals surface area contributed by atoms with E-state index in [-0.39, 0.29) is 6.03 Å². The largest absolute Gasteiger partial charge is 0.492 e. The van der Waals surface area contributed by atoms with E-state index in [1.54, 1.807) is 36.2 Å². The van der Waals surface area contributed by atoms with Crippen LogP contribution in [0.3, 0.4) is 0 Å². The van der Waals surface area contributed by atoms with Gasteiger partial charge in [-0.15, -0.1) is 0 Å². The minimum atomic E-state index is -0.214. The molecule has 146 valence electrons. The van der Waals surface area contributed by atoms with Crippen LogP contribution in [0.25, 0.3) is 5.69 Å². The van der Waals surface area contributed by atoms with Gasteiger partial charge in [-0.1, -0.05) is 23.7 Å². The van der Waals surface area contributed by atoms with Crippen molar-refractivity contribution >= 4 is 23.3 Å². The molecule has 0 unspecified atom stereocenters. The molecule has 0 spiro atoms. The van der Waals surface area contributed by atoms with Crippen molar-refractivity contribution in [2.24, 2.45) is 0 Å². The van der Waals surface area contributed by atoms with Gasteiger partial charge in [0, 0.05) is 17.8 Å². The minimum absolute atomic E-state index is 0.214. The summed E-state index contributed by atoms with van der Waals surface area (Å²) in [6.07, 6.45) is 0. The Hall–Kier alpha value is -2.99. The van der Waals surface area contributed by atoms with Crippen molar-refractivity contribution in [3.8, 4) is 11.4 Å². The Balaban J connectivity index is 1.61. The van der Waals surface area contributed by atoms with E-state index >= 15 is 0 Å². The Labute approximate surface area is 169 Å². The lowest BCUT2D eigenvalue weighted by Crippen LogP contribution is -2.34. The normalized spacial score (nSPS) is 10.6. The van der Waals surface area contributed by atoms with Gasteiger partial charge in [0.15, 0.2) is 0 Å². The van der Waals surface area contributed by atoms with Gasteiger partial charge >= 0.3 is 6.03 Å². The molecule has 1 N–H and O–H groups in total. The fourth-order valence-corrected chi connectivity index (χ4v) is 2.91. The number of ether oxygens (including phenoxy) is 1. The molecular formula is C21H23ClN4O2. The van der Waals surface area contributed by atoms with Gasteiger partial charge in [-0.25, -0.2) is 9.48 Å². The summed E-state index contributed by atoms with van der Waals surface area (Å²) >= 11 is 5.86. The van der Waals surface area contributed by atoms with Crippen molar-refractivity contribution in [3.05, 3.63) is 71.0 Å². The maximum atomic E-state index is 12.6. The molecule has 0 aliphatic carbocycles. The van der Waals surface area contributed by atoms with E-state index in [1.165, 1.54) is 0 Å². The number of hydrogen-bond acceptors (Lipinski definition) is 3. The number of rotatable bonds is 6. The lowest BCUT2D eigenvalue weighted by atomic mass is 10.2. The Morgan fingerprint density at radius 3 is 2.57 bits per heavy atom. The Morgan fingerprint density at radius 1 is 1.18 bits per heavy atom. The monoisotopic (exact) mass is 398 g/mol. The van der Waals surface area contributed by atoms with Crippen molar-refractivity contribution in [2.75, 3.05) is 25.5 Å². The number of aryl methyl sites for hydroxylation is 2. The van der Waals surface area contributed by atoms with E-state index in [0.717, 1.165) is 17.1 Å². The lowest BCUT2D eigenvalue weighted by molar-refractivity contribution is 0.207. The van der Waals surface area contributed by atoms with Crippen LogP contribution in [0.2, 0.25) is 5.02 Å². The zero-order valence-corrected chi connectivity index (χ0v) is 16.9. The molecule has 1 heterocycles. The fourth-order valence-electron chi connectivity index (χ4n) is 2.78. The predicted molar refractivity (Wildman–Crippen MR) is 112 cm³/mol. The summed E-state index contributed by atoms with van der Waals surface area (Å²) in [5, 5.41) is 8.12. The molecule has 1 aromatic heterocycles. The molecule has 28 heavy (non-hydrogen) atoms. The van der Waals surface area contributed by atoms with Crippen LogP contribution in [0.5, 0.6) is 5.75 Å². The summed E-state index contributed by atoms with van der Waals surface area (Å²) in [4.78, 5) is 14.2. The van der Waals surface area contributed by atoms with Crippen molar-refractivity contribution in [3.63, 3.8) is 0 Å². The van der Waals surface area contributed by atoms with Crippen molar-refractivity contribution in [2.45, 2.75) is 13.8 Å². The van der Waals surface area contributed by atoms with E-state index in [2.05, 4.69) is 10.4 Å². The minimum Gasteiger partial charge on any atom is -0.492 e. The maximum absolute atomic E-state index is 12.6. The van der Waals surface area contributed by atoms with Crippen molar-refractivity contribution in [1.82, 2.24) is 14.7 Å². The zero-order chi connectivity index (χ0) is 20.1. The number of urea groups is 1. The molecule has 0 aliphatic heterocycles. The molecule has 0 fully saturated rings. The van der Waals surface area contributed by atoms with Crippen LogP contribution < -0.4 is 10.1 Å². The highest BCUT2D eigenvalue weighted by atomic mass is 35.5. The second-order valence-corrected chi connectivity index (χ2v) is 6.95. The van der Waals surface area contributed by atoms with Crippen molar-refractivity contribution < 1.29 is 9.53 Å². The molecule has 0 saturated carbocycles. The van der Waals surface area contributed by atoms with Crippen LogP contribution in [0.1, 0.15) is 11.4 Å². The second-order valence-electron chi connectivity index (χ2n) is 6.51. The van der Waals surface area contributed by atoms with Crippen LogP contribution in [-0.4, -0.2) is 40.9 Å². The SMILES string of the molecule is Cc1cc(C)n(-c2ccccc2NC(=O)N(C)CCOc2ccc(Cl)cc2)n1. The Bertz CT molecular complexity index is 953. The summed E-state index contributed by atoms with van der Waals surface area (Å²) in [5.41, 5.74) is 3.45. The van der Waals surface area contributed by atoms with Crippen LogP contribution in [-0.2, 0) is 0 Å². The topological polar surface area (TPSA) is 59.4 Å². The average Bonchev–Trinajstić information content (AvgIpc) is 3.01. The summed E-state index contributed by atoms with van der Waals surface area (Å²) < 4.78 is 7.48. The standard InChI is InChI=1S/C21H23ClN4O2/c1-15-14-16(2)26(24-15)20-7-5-4-6-19(20)23-21(27)25(3)12-13-28-18-10-8-17(22)9-11-18/h4-11,14H,12-13H2,1-3H3,(H,23,27). The molecule has 3 rings (SSSR count). The van der Waals surface area contributed by atoms with Crippen LogP contribution in [0.15, 0.2) is 54.6 Å². The molecule has 0 saturated heterocycles. The number of aromatic nitrogens is 2. The molecule has 0 radical (unpaired) electrons. The summed E-state index contributed by atoms with van der Waals surface area (Å²) in [7, 11) is 1.73. The smallest absolute Gasteiger partial charge is 0.321 e. The summed E-state index contributed by atoms with van der Waals surface area (Å²) in [5.74, 6) is 0.716. The fraction of sp³-hybridized carbons (Fsp3) is 0.238. The first-order chi connectivity index (χ1) is 13.4. The van der Waals surface area contributed by atoms with Gasteiger partial charge in [-0.3, -0.25) is 0 Å². The van der Waals surface area contributed by atoms with Gasteiger partial charge in [0.2, 0.25) is 0 Å². The second kappa shape index (κ2) is 8.80. The number of nitrogens with zero attached hydrogens (tertiary/aromatic N) is 3. The van der Waals surface area contributed by atoms with Gasteiger partial charge in [0.1, 0.15) is 12.4 Å². The van der Waals surface area contributed by atoms with Gasteiger partial charge in [-0.2, -0.15) is 5.10 Å². The number of halogens is 1. The molecule has 7 heteroatoms. The molecule has 0 bridgehead atoms. The van der Waals surface area contributed by atoms with Gasteiger partial charge in [-0.05, 0) is 56.3 Å². The number of likely N-dealkylation sites (N-methyl/N-ethyl adjacent to an activating group) is 1. The Morgan fingerprint density at radius 2 is 1.89 bits per heavy atom. The number of nitrogens with one attached hydrogen (secondary N) is 1.